The molecule has 6 heteroatoms. The number of hydrogen-bond acceptors (Lipinski definition) is 5. The number of hydrogen-bond donors (Lipinski definition) is 2. The summed E-state index contributed by atoms with van der Waals surface area (Å²) in [5, 5.41) is 6.26. The van der Waals surface area contributed by atoms with E-state index in [1.807, 2.05) is 31.3 Å². The number of nitrogens with zero attached hydrogens (tertiary/aromatic N) is 2. The van der Waals surface area contributed by atoms with E-state index in [1.165, 1.54) is 6.33 Å². The Bertz CT molecular complexity index is 562. The van der Waals surface area contributed by atoms with E-state index in [0.29, 0.717) is 6.54 Å². The lowest BCUT2D eigenvalue weighted by molar-refractivity contribution is 0.414. The summed E-state index contributed by atoms with van der Waals surface area (Å²) in [6.07, 6.45) is 1.52. The number of ether oxygens (including phenoxy) is 1. The van der Waals surface area contributed by atoms with E-state index in [4.69, 9.17) is 4.74 Å². The van der Waals surface area contributed by atoms with Gasteiger partial charge in [0.15, 0.2) is 0 Å². The predicted octanol–water partition coefficient (Wildman–Crippen LogP) is 2.90. The molecule has 1 aromatic heterocycles. The van der Waals surface area contributed by atoms with Gasteiger partial charge in [-0.1, -0.05) is 12.1 Å². The highest BCUT2D eigenvalue weighted by Gasteiger charge is 2.06. The highest BCUT2D eigenvalue weighted by molar-refractivity contribution is 9.10. The van der Waals surface area contributed by atoms with Gasteiger partial charge in [0.2, 0.25) is 0 Å². The summed E-state index contributed by atoms with van der Waals surface area (Å²) in [5.41, 5.74) is 1.12. The molecule has 0 unspecified atom stereocenters. The van der Waals surface area contributed by atoms with Gasteiger partial charge in [0.25, 0.3) is 0 Å². The van der Waals surface area contributed by atoms with E-state index in [0.717, 1.165) is 27.4 Å². The van der Waals surface area contributed by atoms with E-state index in [9.17, 15) is 0 Å². The van der Waals surface area contributed by atoms with Gasteiger partial charge in [0.1, 0.15) is 28.2 Å². The van der Waals surface area contributed by atoms with Gasteiger partial charge < -0.3 is 15.4 Å². The lowest BCUT2D eigenvalue weighted by Gasteiger charge is -2.10. The molecule has 0 saturated carbocycles. The van der Waals surface area contributed by atoms with Gasteiger partial charge in [-0.15, -0.1) is 0 Å². The zero-order valence-corrected chi connectivity index (χ0v) is 12.4. The van der Waals surface area contributed by atoms with Crippen LogP contribution in [0.4, 0.5) is 11.6 Å². The second-order valence-electron chi connectivity index (χ2n) is 3.84. The normalized spacial score (nSPS) is 10.1. The van der Waals surface area contributed by atoms with Crippen molar-refractivity contribution < 1.29 is 4.74 Å². The topological polar surface area (TPSA) is 59.1 Å². The first-order valence-electron chi connectivity index (χ1n) is 5.79. The van der Waals surface area contributed by atoms with E-state index in [2.05, 4.69) is 36.5 Å². The van der Waals surface area contributed by atoms with Crippen LogP contribution in [0, 0.1) is 0 Å². The maximum absolute atomic E-state index is 5.19. The van der Waals surface area contributed by atoms with E-state index < -0.39 is 0 Å². The first kappa shape index (κ1) is 13.6. The standard InChI is InChI=1S/C13H15BrN4O/c1-15-12-11(14)13(18-8-17-12)16-7-9-4-3-5-10(6-9)19-2/h3-6,8H,7H2,1-2H3,(H2,15,16,17,18). The average Bonchev–Trinajstić information content (AvgIpc) is 2.46. The smallest absolute Gasteiger partial charge is 0.146 e. The molecule has 0 fully saturated rings. The third-order valence-corrected chi connectivity index (χ3v) is 3.37. The molecule has 19 heavy (non-hydrogen) atoms. The molecule has 100 valence electrons. The lowest BCUT2D eigenvalue weighted by Crippen LogP contribution is -2.04. The van der Waals surface area contributed by atoms with Crippen LogP contribution < -0.4 is 15.4 Å². The molecule has 2 N–H and O–H groups in total. The predicted molar refractivity (Wildman–Crippen MR) is 79.6 cm³/mol. The minimum Gasteiger partial charge on any atom is -0.497 e. The highest BCUT2D eigenvalue weighted by Crippen LogP contribution is 2.26. The largest absolute Gasteiger partial charge is 0.497 e. The highest BCUT2D eigenvalue weighted by atomic mass is 79.9. The molecule has 0 amide bonds. The molecule has 0 atom stereocenters. The minimum atomic E-state index is 0.663. The molecule has 0 spiro atoms. The summed E-state index contributed by atoms with van der Waals surface area (Å²) in [6.45, 7) is 0.663. The number of anilines is 2. The fourth-order valence-electron chi connectivity index (χ4n) is 1.64. The minimum absolute atomic E-state index is 0.663. The lowest BCUT2D eigenvalue weighted by atomic mass is 10.2. The zero-order chi connectivity index (χ0) is 13.7. The SMILES string of the molecule is CNc1ncnc(NCc2cccc(OC)c2)c1Br. The Morgan fingerprint density at radius 3 is 2.79 bits per heavy atom. The van der Waals surface area contributed by atoms with Gasteiger partial charge >= 0.3 is 0 Å². The molecular formula is C13H15BrN4O. The van der Waals surface area contributed by atoms with Gasteiger partial charge in [-0.05, 0) is 33.6 Å². The molecule has 1 heterocycles. The maximum atomic E-state index is 5.19. The summed E-state index contributed by atoms with van der Waals surface area (Å²) in [7, 11) is 3.48. The van der Waals surface area contributed by atoms with Crippen LogP contribution in [-0.4, -0.2) is 24.1 Å². The quantitative estimate of drug-likeness (QED) is 0.886. The third-order valence-electron chi connectivity index (χ3n) is 2.62. The van der Waals surface area contributed by atoms with Crippen molar-refractivity contribution in [3.8, 4) is 5.75 Å². The second-order valence-corrected chi connectivity index (χ2v) is 4.63. The van der Waals surface area contributed by atoms with Gasteiger partial charge in [0, 0.05) is 13.6 Å². The first-order chi connectivity index (χ1) is 9.24. The monoisotopic (exact) mass is 322 g/mol. The average molecular weight is 323 g/mol. The molecule has 0 saturated heterocycles. The van der Waals surface area contributed by atoms with Crippen LogP contribution in [0.1, 0.15) is 5.56 Å². The van der Waals surface area contributed by atoms with Gasteiger partial charge in [-0.2, -0.15) is 0 Å². The molecule has 0 aliphatic heterocycles. The molecule has 0 radical (unpaired) electrons. The Morgan fingerprint density at radius 2 is 2.05 bits per heavy atom. The van der Waals surface area contributed by atoms with Crippen molar-refractivity contribution in [3.63, 3.8) is 0 Å². The number of benzene rings is 1. The Labute approximate surface area is 120 Å². The molecule has 5 nitrogen and oxygen atoms in total. The van der Waals surface area contributed by atoms with Crippen LogP contribution >= 0.6 is 15.9 Å². The summed E-state index contributed by atoms with van der Waals surface area (Å²) in [5.74, 6) is 2.35. The number of methoxy groups -OCH3 is 1. The third kappa shape index (κ3) is 3.35. The molecule has 1 aromatic carbocycles. The van der Waals surface area contributed by atoms with Crippen LogP contribution in [0.2, 0.25) is 0 Å². The number of aromatic nitrogens is 2. The van der Waals surface area contributed by atoms with Gasteiger partial charge in [-0.3, -0.25) is 0 Å². The fourth-order valence-corrected chi connectivity index (χ4v) is 2.18. The number of nitrogens with one attached hydrogen (secondary N) is 2. The van der Waals surface area contributed by atoms with E-state index in [-0.39, 0.29) is 0 Å². The van der Waals surface area contributed by atoms with E-state index >= 15 is 0 Å². The molecule has 2 rings (SSSR count). The summed E-state index contributed by atoms with van der Waals surface area (Å²) < 4.78 is 6.01. The summed E-state index contributed by atoms with van der Waals surface area (Å²) in [6, 6.07) is 7.90. The van der Waals surface area contributed by atoms with Crippen molar-refractivity contribution in [2.75, 3.05) is 24.8 Å². The van der Waals surface area contributed by atoms with Crippen molar-refractivity contribution in [2.24, 2.45) is 0 Å². The summed E-state index contributed by atoms with van der Waals surface area (Å²) in [4.78, 5) is 8.31. The zero-order valence-electron chi connectivity index (χ0n) is 10.8. The van der Waals surface area contributed by atoms with Crippen molar-refractivity contribution in [1.82, 2.24) is 9.97 Å². The molecule has 0 aliphatic carbocycles. The van der Waals surface area contributed by atoms with E-state index in [1.54, 1.807) is 7.11 Å². The number of rotatable bonds is 5. The maximum Gasteiger partial charge on any atom is 0.146 e. The van der Waals surface area contributed by atoms with Crippen LogP contribution in [0.3, 0.4) is 0 Å². The molecule has 2 aromatic rings. The van der Waals surface area contributed by atoms with Crippen molar-refractivity contribution in [1.29, 1.82) is 0 Å². The number of halogens is 1. The van der Waals surface area contributed by atoms with Crippen LogP contribution in [0.15, 0.2) is 35.1 Å². The molecular weight excluding hydrogens is 308 g/mol. The van der Waals surface area contributed by atoms with Gasteiger partial charge in [-0.25, -0.2) is 9.97 Å². The molecule has 0 aliphatic rings. The van der Waals surface area contributed by atoms with Crippen molar-refractivity contribution >= 4 is 27.6 Å². The Kier molecular flexibility index (Phi) is 4.57. The van der Waals surface area contributed by atoms with Crippen molar-refractivity contribution in [2.45, 2.75) is 6.54 Å². The first-order valence-corrected chi connectivity index (χ1v) is 6.59. The fraction of sp³-hybridized carbons (Fsp3) is 0.231. The van der Waals surface area contributed by atoms with Crippen LogP contribution in [0.25, 0.3) is 0 Å². The Morgan fingerprint density at radius 1 is 1.26 bits per heavy atom. The van der Waals surface area contributed by atoms with Crippen LogP contribution in [0.5, 0.6) is 5.75 Å². The van der Waals surface area contributed by atoms with Gasteiger partial charge in [0.05, 0.1) is 7.11 Å². The van der Waals surface area contributed by atoms with Crippen molar-refractivity contribution in [3.05, 3.63) is 40.6 Å². The Balaban J connectivity index is 2.10. The molecule has 0 bridgehead atoms. The Hall–Kier alpha value is -1.82. The van der Waals surface area contributed by atoms with Crippen LogP contribution in [-0.2, 0) is 6.54 Å². The second kappa shape index (κ2) is 6.38. The summed E-state index contributed by atoms with van der Waals surface area (Å²) >= 11 is 3.47.